The summed E-state index contributed by atoms with van der Waals surface area (Å²) in [5.74, 6) is 0.970. The van der Waals surface area contributed by atoms with Crippen LogP contribution in [-0.4, -0.2) is 11.1 Å². The summed E-state index contributed by atoms with van der Waals surface area (Å²) in [5, 5.41) is 7.69. The van der Waals surface area contributed by atoms with E-state index in [1.807, 2.05) is 6.07 Å². The second kappa shape index (κ2) is 5.35. The van der Waals surface area contributed by atoms with Gasteiger partial charge in [0.2, 0.25) is 5.91 Å². The second-order valence-electron chi connectivity index (χ2n) is 5.34. The summed E-state index contributed by atoms with van der Waals surface area (Å²) in [7, 11) is 0. The third kappa shape index (κ3) is 2.54. The van der Waals surface area contributed by atoms with E-state index in [9.17, 15) is 4.79 Å². The van der Waals surface area contributed by atoms with Gasteiger partial charge in [0.05, 0.1) is 5.41 Å². The van der Waals surface area contributed by atoms with Crippen LogP contribution in [0.3, 0.4) is 0 Å². The van der Waals surface area contributed by atoms with Crippen LogP contribution >= 0.6 is 23.2 Å². The highest BCUT2D eigenvalue weighted by Gasteiger charge is 2.47. The minimum Gasteiger partial charge on any atom is -0.360 e. The standard InChI is InChI=1S/C15H14Cl2N2O2/c1-9-7-13(19-21-9)18-14(20)15(5-2-6-15)11-4-3-10(16)8-12(11)17/h3-4,7-8H,2,5-6H2,1H3,(H,18,19,20). The van der Waals surface area contributed by atoms with Gasteiger partial charge in [-0.1, -0.05) is 40.8 Å². The predicted octanol–water partition coefficient (Wildman–Crippen LogP) is 4.35. The molecule has 4 nitrogen and oxygen atoms in total. The Hall–Kier alpha value is -1.52. The Morgan fingerprint density at radius 1 is 1.33 bits per heavy atom. The predicted molar refractivity (Wildman–Crippen MR) is 81.9 cm³/mol. The Morgan fingerprint density at radius 3 is 2.62 bits per heavy atom. The Bertz CT molecular complexity index is 693. The first-order valence-corrected chi connectivity index (χ1v) is 7.47. The lowest BCUT2D eigenvalue weighted by atomic mass is 9.63. The molecular formula is C15H14Cl2N2O2. The lowest BCUT2D eigenvalue weighted by Crippen LogP contribution is -2.46. The van der Waals surface area contributed by atoms with Crippen molar-refractivity contribution in [3.63, 3.8) is 0 Å². The first kappa shape index (κ1) is 14.4. The largest absolute Gasteiger partial charge is 0.360 e. The molecule has 21 heavy (non-hydrogen) atoms. The van der Waals surface area contributed by atoms with Crippen LogP contribution in [0.5, 0.6) is 0 Å². The van der Waals surface area contributed by atoms with E-state index in [1.165, 1.54) is 0 Å². The van der Waals surface area contributed by atoms with Gasteiger partial charge in [0.15, 0.2) is 5.82 Å². The van der Waals surface area contributed by atoms with Gasteiger partial charge in [-0.3, -0.25) is 4.79 Å². The highest BCUT2D eigenvalue weighted by Crippen LogP contribution is 2.47. The lowest BCUT2D eigenvalue weighted by molar-refractivity contribution is -0.124. The van der Waals surface area contributed by atoms with Gasteiger partial charge in [0.25, 0.3) is 0 Å². The van der Waals surface area contributed by atoms with Crippen molar-refractivity contribution in [1.29, 1.82) is 0 Å². The van der Waals surface area contributed by atoms with Crippen molar-refractivity contribution in [1.82, 2.24) is 5.16 Å². The molecule has 6 heteroatoms. The third-order valence-electron chi connectivity index (χ3n) is 3.96. The molecule has 0 spiro atoms. The number of anilines is 1. The van der Waals surface area contributed by atoms with E-state index in [-0.39, 0.29) is 5.91 Å². The Balaban J connectivity index is 1.90. The summed E-state index contributed by atoms with van der Waals surface area (Å²) in [6.45, 7) is 1.78. The van der Waals surface area contributed by atoms with Gasteiger partial charge < -0.3 is 9.84 Å². The number of rotatable bonds is 3. The number of hydrogen-bond acceptors (Lipinski definition) is 3. The SMILES string of the molecule is Cc1cc(NC(=O)C2(c3ccc(Cl)cc3Cl)CCC2)no1. The number of aromatic nitrogens is 1. The molecule has 1 aromatic carbocycles. The Kier molecular flexibility index (Phi) is 3.68. The van der Waals surface area contributed by atoms with Crippen LogP contribution in [0.4, 0.5) is 5.82 Å². The summed E-state index contributed by atoms with van der Waals surface area (Å²) in [6.07, 6.45) is 2.51. The molecule has 1 amide bonds. The fraction of sp³-hybridized carbons (Fsp3) is 0.333. The van der Waals surface area contributed by atoms with Gasteiger partial charge >= 0.3 is 0 Å². The molecule has 3 rings (SSSR count). The fourth-order valence-corrected chi connectivity index (χ4v) is 3.28. The maximum absolute atomic E-state index is 12.7. The molecule has 0 unspecified atom stereocenters. The van der Waals surface area contributed by atoms with E-state index < -0.39 is 5.41 Å². The molecule has 2 aromatic rings. The third-order valence-corrected chi connectivity index (χ3v) is 4.51. The van der Waals surface area contributed by atoms with Crippen LogP contribution in [0.15, 0.2) is 28.8 Å². The Labute approximate surface area is 132 Å². The van der Waals surface area contributed by atoms with Gasteiger partial charge in [-0.2, -0.15) is 0 Å². The number of benzene rings is 1. The minimum absolute atomic E-state index is 0.105. The molecule has 1 heterocycles. The quantitative estimate of drug-likeness (QED) is 0.913. The van der Waals surface area contributed by atoms with Gasteiger partial charge in [0.1, 0.15) is 5.76 Å². The number of carbonyl (C=O) groups excluding carboxylic acids is 1. The van der Waals surface area contributed by atoms with Gasteiger partial charge in [-0.15, -0.1) is 0 Å². The number of aryl methyl sites for hydroxylation is 1. The molecule has 1 fully saturated rings. The van der Waals surface area contributed by atoms with Crippen LogP contribution in [0.1, 0.15) is 30.6 Å². The maximum atomic E-state index is 12.7. The van der Waals surface area contributed by atoms with E-state index in [1.54, 1.807) is 25.1 Å². The summed E-state index contributed by atoms with van der Waals surface area (Å²) in [6, 6.07) is 6.95. The van der Waals surface area contributed by atoms with E-state index in [2.05, 4.69) is 10.5 Å². The molecule has 0 radical (unpaired) electrons. The number of carbonyl (C=O) groups is 1. The topological polar surface area (TPSA) is 55.1 Å². The van der Waals surface area contributed by atoms with E-state index in [0.717, 1.165) is 24.8 Å². The summed E-state index contributed by atoms with van der Waals surface area (Å²) >= 11 is 12.2. The smallest absolute Gasteiger partial charge is 0.236 e. The van der Waals surface area contributed by atoms with Crippen LogP contribution in [0, 0.1) is 6.92 Å². The zero-order chi connectivity index (χ0) is 15.0. The van der Waals surface area contributed by atoms with Crippen LogP contribution in [-0.2, 0) is 10.2 Å². The second-order valence-corrected chi connectivity index (χ2v) is 6.18. The molecule has 1 N–H and O–H groups in total. The maximum Gasteiger partial charge on any atom is 0.236 e. The molecule has 1 saturated carbocycles. The average Bonchev–Trinajstić information content (AvgIpc) is 2.76. The van der Waals surface area contributed by atoms with E-state index >= 15 is 0 Å². The van der Waals surface area contributed by atoms with Crippen molar-refractivity contribution < 1.29 is 9.32 Å². The van der Waals surface area contributed by atoms with Crippen molar-refractivity contribution in [2.24, 2.45) is 0 Å². The number of nitrogens with one attached hydrogen (secondary N) is 1. The van der Waals surface area contributed by atoms with Crippen LogP contribution in [0.2, 0.25) is 10.0 Å². The van der Waals surface area contributed by atoms with Gasteiger partial charge in [-0.25, -0.2) is 0 Å². The fourth-order valence-electron chi connectivity index (χ4n) is 2.69. The number of hydrogen-bond donors (Lipinski definition) is 1. The summed E-state index contributed by atoms with van der Waals surface area (Å²) in [5.41, 5.74) is 0.215. The molecule has 1 aromatic heterocycles. The monoisotopic (exact) mass is 324 g/mol. The summed E-state index contributed by atoms with van der Waals surface area (Å²) in [4.78, 5) is 12.7. The first-order valence-electron chi connectivity index (χ1n) is 6.71. The number of halogens is 2. The van der Waals surface area contributed by atoms with Crippen molar-refractivity contribution in [3.05, 3.63) is 45.6 Å². The molecular weight excluding hydrogens is 311 g/mol. The lowest BCUT2D eigenvalue weighted by Gasteiger charge is -2.41. The summed E-state index contributed by atoms with van der Waals surface area (Å²) < 4.78 is 4.97. The van der Waals surface area contributed by atoms with Gasteiger partial charge in [-0.05, 0) is 37.5 Å². The molecule has 110 valence electrons. The molecule has 0 atom stereocenters. The van der Waals surface area contributed by atoms with Crippen molar-refractivity contribution in [3.8, 4) is 0 Å². The van der Waals surface area contributed by atoms with Crippen molar-refractivity contribution in [2.45, 2.75) is 31.6 Å². The normalized spacial score (nSPS) is 16.3. The number of nitrogens with zero attached hydrogens (tertiary/aromatic N) is 1. The Morgan fingerprint density at radius 2 is 2.10 bits per heavy atom. The van der Waals surface area contributed by atoms with Crippen molar-refractivity contribution in [2.75, 3.05) is 5.32 Å². The van der Waals surface area contributed by atoms with Crippen LogP contribution < -0.4 is 5.32 Å². The molecule has 0 aliphatic heterocycles. The van der Waals surface area contributed by atoms with Crippen molar-refractivity contribution >= 4 is 34.9 Å². The molecule has 0 bridgehead atoms. The highest BCUT2D eigenvalue weighted by molar-refractivity contribution is 6.35. The van der Waals surface area contributed by atoms with E-state index in [4.69, 9.17) is 27.7 Å². The first-order chi connectivity index (χ1) is 10.0. The van der Waals surface area contributed by atoms with E-state index in [0.29, 0.717) is 21.6 Å². The zero-order valence-corrected chi connectivity index (χ0v) is 13.0. The highest BCUT2D eigenvalue weighted by atomic mass is 35.5. The average molecular weight is 325 g/mol. The molecule has 1 aliphatic carbocycles. The minimum atomic E-state index is -0.603. The number of amides is 1. The zero-order valence-electron chi connectivity index (χ0n) is 11.5. The van der Waals surface area contributed by atoms with Gasteiger partial charge in [0, 0.05) is 16.1 Å². The van der Waals surface area contributed by atoms with Crippen LogP contribution in [0.25, 0.3) is 0 Å². The molecule has 1 aliphatic rings. The molecule has 0 saturated heterocycles.